The van der Waals surface area contributed by atoms with Gasteiger partial charge in [-0.3, -0.25) is 9.59 Å². The van der Waals surface area contributed by atoms with Gasteiger partial charge < -0.3 is 15.6 Å². The molecular weight excluding hydrogens is 309 g/mol. The number of rotatable bonds is 2. The number of aromatic amines is 1. The van der Waals surface area contributed by atoms with Crippen molar-refractivity contribution in [2.75, 3.05) is 13.1 Å². The standard InChI is InChI=1S/C15H16FN3O2.ClH/c16-9-3-4-11-12(7-14(20)19-13(11)6-9)15(21)18-10-2-1-5-17-8-10;/h3-4,6-7,10,17H,1-2,5,8H2,(H,18,21)(H,19,20);1H. The van der Waals surface area contributed by atoms with Crippen LogP contribution in [0.3, 0.4) is 0 Å². The van der Waals surface area contributed by atoms with Crippen LogP contribution in [-0.4, -0.2) is 30.0 Å². The molecule has 2 heterocycles. The molecule has 118 valence electrons. The SMILES string of the molecule is Cl.O=C(NC1CCCNC1)c1cc(=O)[nH]c2cc(F)ccc12. The Kier molecular flexibility index (Phi) is 5.15. The lowest BCUT2D eigenvalue weighted by molar-refractivity contribution is 0.0932. The number of hydrogen-bond donors (Lipinski definition) is 3. The molecule has 1 saturated heterocycles. The fraction of sp³-hybridized carbons (Fsp3) is 0.333. The van der Waals surface area contributed by atoms with Gasteiger partial charge in [0.15, 0.2) is 0 Å². The van der Waals surface area contributed by atoms with E-state index in [4.69, 9.17) is 0 Å². The summed E-state index contributed by atoms with van der Waals surface area (Å²) in [7, 11) is 0. The summed E-state index contributed by atoms with van der Waals surface area (Å²) in [4.78, 5) is 26.6. The van der Waals surface area contributed by atoms with E-state index < -0.39 is 11.4 Å². The fourth-order valence-corrected chi connectivity index (χ4v) is 2.66. The van der Waals surface area contributed by atoms with Crippen molar-refractivity contribution >= 4 is 29.2 Å². The lowest BCUT2D eigenvalue weighted by Gasteiger charge is -2.24. The number of aromatic nitrogens is 1. The molecule has 22 heavy (non-hydrogen) atoms. The Bertz CT molecular complexity index is 741. The molecular formula is C15H17ClFN3O2. The van der Waals surface area contributed by atoms with Crippen LogP contribution in [-0.2, 0) is 0 Å². The fourth-order valence-electron chi connectivity index (χ4n) is 2.66. The van der Waals surface area contributed by atoms with E-state index in [2.05, 4.69) is 15.6 Å². The molecule has 1 aromatic carbocycles. The van der Waals surface area contributed by atoms with Crippen LogP contribution in [0.1, 0.15) is 23.2 Å². The second kappa shape index (κ2) is 6.89. The van der Waals surface area contributed by atoms with E-state index in [1.165, 1.54) is 24.3 Å². The van der Waals surface area contributed by atoms with E-state index in [0.717, 1.165) is 25.9 Å². The van der Waals surface area contributed by atoms with Crippen LogP contribution in [0.15, 0.2) is 29.1 Å². The number of benzene rings is 1. The summed E-state index contributed by atoms with van der Waals surface area (Å²) in [5.41, 5.74) is 0.189. The maximum Gasteiger partial charge on any atom is 0.252 e. The maximum absolute atomic E-state index is 13.2. The maximum atomic E-state index is 13.2. The molecule has 3 rings (SSSR count). The molecule has 0 spiro atoms. The number of halogens is 2. The van der Waals surface area contributed by atoms with Gasteiger partial charge >= 0.3 is 0 Å². The van der Waals surface area contributed by atoms with Gasteiger partial charge in [-0.2, -0.15) is 0 Å². The van der Waals surface area contributed by atoms with Crippen molar-refractivity contribution in [3.8, 4) is 0 Å². The molecule has 1 aliphatic heterocycles. The zero-order valence-corrected chi connectivity index (χ0v) is 12.6. The van der Waals surface area contributed by atoms with Crippen LogP contribution < -0.4 is 16.2 Å². The van der Waals surface area contributed by atoms with Gasteiger partial charge in [0.1, 0.15) is 5.82 Å². The third kappa shape index (κ3) is 3.45. The first-order valence-electron chi connectivity index (χ1n) is 6.97. The van der Waals surface area contributed by atoms with E-state index in [9.17, 15) is 14.0 Å². The van der Waals surface area contributed by atoms with Crippen molar-refractivity contribution in [1.82, 2.24) is 15.6 Å². The number of carbonyl (C=O) groups is 1. The van der Waals surface area contributed by atoms with Crippen molar-refractivity contribution in [2.45, 2.75) is 18.9 Å². The second-order valence-electron chi connectivity index (χ2n) is 5.25. The topological polar surface area (TPSA) is 74.0 Å². The molecule has 1 unspecified atom stereocenters. The Labute approximate surface area is 132 Å². The van der Waals surface area contributed by atoms with E-state index in [-0.39, 0.29) is 29.9 Å². The third-order valence-corrected chi connectivity index (χ3v) is 3.68. The predicted octanol–water partition coefficient (Wildman–Crippen LogP) is 1.57. The van der Waals surface area contributed by atoms with Crippen LogP contribution in [0.25, 0.3) is 10.9 Å². The van der Waals surface area contributed by atoms with E-state index >= 15 is 0 Å². The first-order valence-corrected chi connectivity index (χ1v) is 6.97. The van der Waals surface area contributed by atoms with Crippen molar-refractivity contribution in [1.29, 1.82) is 0 Å². The number of piperidine rings is 1. The summed E-state index contributed by atoms with van der Waals surface area (Å²) < 4.78 is 13.2. The zero-order valence-electron chi connectivity index (χ0n) is 11.8. The average molecular weight is 326 g/mol. The molecule has 0 saturated carbocycles. The quantitative estimate of drug-likeness (QED) is 0.784. The molecule has 1 fully saturated rings. The second-order valence-corrected chi connectivity index (χ2v) is 5.25. The minimum atomic E-state index is -0.452. The summed E-state index contributed by atoms with van der Waals surface area (Å²) in [5, 5.41) is 6.68. The molecule has 1 amide bonds. The Hall–Kier alpha value is -1.92. The first kappa shape index (κ1) is 16.5. The van der Waals surface area contributed by atoms with Gasteiger partial charge in [-0.05, 0) is 37.6 Å². The largest absolute Gasteiger partial charge is 0.348 e. The lowest BCUT2D eigenvalue weighted by Crippen LogP contribution is -2.45. The predicted molar refractivity (Wildman–Crippen MR) is 85.1 cm³/mol. The highest BCUT2D eigenvalue weighted by Gasteiger charge is 2.18. The number of H-pyrrole nitrogens is 1. The Morgan fingerprint density at radius 3 is 2.86 bits per heavy atom. The van der Waals surface area contributed by atoms with Crippen LogP contribution in [0.5, 0.6) is 0 Å². The van der Waals surface area contributed by atoms with E-state index in [1.807, 2.05) is 0 Å². The molecule has 0 aliphatic carbocycles. The molecule has 1 atom stereocenters. The first-order chi connectivity index (χ1) is 10.1. The normalized spacial score (nSPS) is 17.8. The van der Waals surface area contributed by atoms with Gasteiger partial charge in [0.05, 0.1) is 11.1 Å². The summed E-state index contributed by atoms with van der Waals surface area (Å²) in [6, 6.07) is 5.32. The summed E-state index contributed by atoms with van der Waals surface area (Å²) in [6.07, 6.45) is 1.92. The van der Waals surface area contributed by atoms with E-state index in [1.54, 1.807) is 0 Å². The van der Waals surface area contributed by atoms with Gasteiger partial charge in [-0.1, -0.05) is 0 Å². The van der Waals surface area contributed by atoms with Crippen LogP contribution in [0, 0.1) is 5.82 Å². The van der Waals surface area contributed by atoms with Gasteiger partial charge in [0.2, 0.25) is 5.56 Å². The van der Waals surface area contributed by atoms with Gasteiger partial charge in [-0.15, -0.1) is 12.4 Å². The summed E-state index contributed by atoms with van der Waals surface area (Å²) in [5.74, 6) is -0.751. The number of amides is 1. The number of pyridine rings is 1. The molecule has 3 N–H and O–H groups in total. The summed E-state index contributed by atoms with van der Waals surface area (Å²) in [6.45, 7) is 1.68. The minimum absolute atomic E-state index is 0. The van der Waals surface area contributed by atoms with Crippen LogP contribution in [0.4, 0.5) is 4.39 Å². The van der Waals surface area contributed by atoms with Crippen molar-refractivity contribution in [3.05, 3.63) is 46.0 Å². The molecule has 5 nitrogen and oxygen atoms in total. The van der Waals surface area contributed by atoms with Gasteiger partial charge in [-0.25, -0.2) is 4.39 Å². The molecule has 7 heteroatoms. The van der Waals surface area contributed by atoms with Crippen LogP contribution >= 0.6 is 12.4 Å². The number of hydrogen-bond acceptors (Lipinski definition) is 3. The van der Waals surface area contributed by atoms with Crippen molar-refractivity contribution in [2.24, 2.45) is 0 Å². The van der Waals surface area contributed by atoms with Crippen LogP contribution in [0.2, 0.25) is 0 Å². The number of fused-ring (bicyclic) bond motifs is 1. The molecule has 2 aromatic rings. The Balaban J connectivity index is 0.00000176. The lowest BCUT2D eigenvalue weighted by atomic mass is 10.1. The van der Waals surface area contributed by atoms with Gasteiger partial charge in [0.25, 0.3) is 5.91 Å². The average Bonchev–Trinajstić information content (AvgIpc) is 2.47. The Morgan fingerprint density at radius 2 is 2.14 bits per heavy atom. The zero-order chi connectivity index (χ0) is 14.8. The molecule has 1 aromatic heterocycles. The highest BCUT2D eigenvalue weighted by molar-refractivity contribution is 6.06. The minimum Gasteiger partial charge on any atom is -0.348 e. The molecule has 0 bridgehead atoms. The highest BCUT2D eigenvalue weighted by atomic mass is 35.5. The third-order valence-electron chi connectivity index (χ3n) is 3.68. The summed E-state index contributed by atoms with van der Waals surface area (Å²) >= 11 is 0. The number of carbonyl (C=O) groups excluding carboxylic acids is 1. The molecule has 1 aliphatic rings. The van der Waals surface area contributed by atoms with Crippen molar-refractivity contribution in [3.63, 3.8) is 0 Å². The van der Waals surface area contributed by atoms with Gasteiger partial charge in [0, 0.05) is 24.0 Å². The Morgan fingerprint density at radius 1 is 1.32 bits per heavy atom. The monoisotopic (exact) mass is 325 g/mol. The van der Waals surface area contributed by atoms with Crippen molar-refractivity contribution < 1.29 is 9.18 Å². The van der Waals surface area contributed by atoms with E-state index in [0.29, 0.717) is 10.9 Å². The molecule has 0 radical (unpaired) electrons. The highest BCUT2D eigenvalue weighted by Crippen LogP contribution is 2.16. The smallest absolute Gasteiger partial charge is 0.252 e. The number of nitrogens with one attached hydrogen (secondary N) is 3.